The molecule has 0 fully saturated rings. The number of hydrogen-bond donors (Lipinski definition) is 2. The Morgan fingerprint density at radius 1 is 0.921 bits per heavy atom. The molecule has 8 heteroatoms. The molecule has 0 bridgehead atoms. The zero-order valence-corrected chi connectivity index (χ0v) is 22.3. The maximum Gasteiger partial charge on any atom is 0.257 e. The summed E-state index contributed by atoms with van der Waals surface area (Å²) in [5.41, 5.74) is 4.28. The molecule has 0 unspecified atom stereocenters. The highest BCUT2D eigenvalue weighted by Gasteiger charge is 2.13. The summed E-state index contributed by atoms with van der Waals surface area (Å²) >= 11 is 1.36. The lowest BCUT2D eigenvalue weighted by molar-refractivity contribution is -0.115. The van der Waals surface area contributed by atoms with Crippen LogP contribution in [-0.4, -0.2) is 36.6 Å². The molecule has 38 heavy (non-hydrogen) atoms. The molecule has 2 N–H and O–H groups in total. The van der Waals surface area contributed by atoms with Gasteiger partial charge in [-0.2, -0.15) is 0 Å². The second kappa shape index (κ2) is 13.5. The average Bonchev–Trinajstić information content (AvgIpc) is 3.41. The van der Waals surface area contributed by atoms with Gasteiger partial charge in [-0.1, -0.05) is 42.5 Å². The van der Waals surface area contributed by atoms with Crippen LogP contribution >= 0.6 is 11.3 Å². The summed E-state index contributed by atoms with van der Waals surface area (Å²) in [6.45, 7) is 2.36. The topological polar surface area (TPSA) is 89.5 Å². The Labute approximate surface area is 226 Å². The van der Waals surface area contributed by atoms with Gasteiger partial charge in [-0.05, 0) is 66.8 Å². The third-order valence-corrected chi connectivity index (χ3v) is 6.43. The van der Waals surface area contributed by atoms with Crippen molar-refractivity contribution in [2.24, 2.45) is 0 Å². The first kappa shape index (κ1) is 27.0. The first-order valence-electron chi connectivity index (χ1n) is 12.4. The van der Waals surface area contributed by atoms with E-state index >= 15 is 0 Å². The normalized spacial score (nSPS) is 11.5. The van der Waals surface area contributed by atoms with Crippen LogP contribution in [-0.2, 0) is 28.8 Å². The number of nitrogens with one attached hydrogen (secondary N) is 2. The van der Waals surface area contributed by atoms with Gasteiger partial charge < -0.3 is 14.8 Å². The molecule has 0 aliphatic carbocycles. The minimum absolute atomic E-state index is 0.0562. The molecule has 7 nitrogen and oxygen atoms in total. The number of carbonyl (C=O) groups is 2. The highest BCUT2D eigenvalue weighted by molar-refractivity contribution is 7.13. The minimum atomic E-state index is -0.242. The summed E-state index contributed by atoms with van der Waals surface area (Å²) in [6, 6.07) is 23.1. The quantitative estimate of drug-likeness (QED) is 0.243. The molecule has 4 rings (SSSR count). The molecular formula is C30H31N3O4S. The number of benzene rings is 3. The Kier molecular flexibility index (Phi) is 9.61. The van der Waals surface area contributed by atoms with E-state index in [2.05, 4.69) is 15.6 Å². The summed E-state index contributed by atoms with van der Waals surface area (Å²) in [7, 11) is 1.63. The summed E-state index contributed by atoms with van der Waals surface area (Å²) in [6.07, 6.45) is 3.23. The SMILES string of the molecule is COC[C@H](C)Oc1cc(CCc2cccc(NC(=O)Cc3ccccc3)c2)cc(C(=O)Nc2nccs2)c1. The number of nitrogens with zero attached hydrogens (tertiary/aromatic N) is 1. The van der Waals surface area contributed by atoms with Gasteiger partial charge in [0.1, 0.15) is 11.9 Å². The van der Waals surface area contributed by atoms with E-state index in [9.17, 15) is 9.59 Å². The van der Waals surface area contributed by atoms with Crippen LogP contribution in [0.3, 0.4) is 0 Å². The van der Waals surface area contributed by atoms with Crippen molar-refractivity contribution in [3.8, 4) is 5.75 Å². The van der Waals surface area contributed by atoms with Crippen LogP contribution in [0.25, 0.3) is 0 Å². The fourth-order valence-electron chi connectivity index (χ4n) is 4.04. The number of methoxy groups -OCH3 is 1. The van der Waals surface area contributed by atoms with Crippen LogP contribution in [0.4, 0.5) is 10.8 Å². The molecule has 0 spiro atoms. The number of amides is 2. The number of aromatic nitrogens is 1. The smallest absolute Gasteiger partial charge is 0.257 e. The number of anilines is 2. The van der Waals surface area contributed by atoms with E-state index in [1.54, 1.807) is 19.4 Å². The lowest BCUT2D eigenvalue weighted by Crippen LogP contribution is -2.19. The van der Waals surface area contributed by atoms with Gasteiger partial charge in [0.05, 0.1) is 13.0 Å². The summed E-state index contributed by atoms with van der Waals surface area (Å²) in [5.74, 6) is 0.312. The number of aryl methyl sites for hydroxylation is 2. The first-order chi connectivity index (χ1) is 18.5. The van der Waals surface area contributed by atoms with Gasteiger partial charge >= 0.3 is 0 Å². The van der Waals surface area contributed by atoms with Crippen LogP contribution in [0.5, 0.6) is 5.75 Å². The Morgan fingerprint density at radius 3 is 2.47 bits per heavy atom. The highest BCUT2D eigenvalue weighted by atomic mass is 32.1. The summed E-state index contributed by atoms with van der Waals surface area (Å²) in [4.78, 5) is 29.5. The van der Waals surface area contributed by atoms with Crippen molar-refractivity contribution in [1.82, 2.24) is 4.98 Å². The zero-order valence-electron chi connectivity index (χ0n) is 21.5. The molecule has 1 heterocycles. The standard InChI is InChI=1S/C30H31N3O4S/c1-21(20-36-2)37-27-17-24(15-25(19-27)29(35)33-30-31-13-14-38-30)12-11-23-9-6-10-26(16-23)32-28(34)18-22-7-4-3-5-8-22/h3-10,13-17,19,21H,11-12,18,20H2,1-2H3,(H,32,34)(H,31,33,35)/t21-/m0/s1. The van der Waals surface area contributed by atoms with Gasteiger partial charge in [0.15, 0.2) is 5.13 Å². The molecule has 2 amide bonds. The Hall–Kier alpha value is -4.01. The number of hydrogen-bond acceptors (Lipinski definition) is 6. The Balaban J connectivity index is 1.44. The van der Waals surface area contributed by atoms with Gasteiger partial charge in [0.2, 0.25) is 5.91 Å². The highest BCUT2D eigenvalue weighted by Crippen LogP contribution is 2.23. The largest absolute Gasteiger partial charge is 0.488 e. The van der Waals surface area contributed by atoms with E-state index in [1.807, 2.05) is 79.0 Å². The summed E-state index contributed by atoms with van der Waals surface area (Å²) in [5, 5.41) is 8.18. The van der Waals surface area contributed by atoms with Gasteiger partial charge in [0, 0.05) is 29.9 Å². The molecule has 1 aromatic heterocycles. The molecule has 0 aliphatic rings. The zero-order chi connectivity index (χ0) is 26.7. The second-order valence-corrected chi connectivity index (χ2v) is 9.85. The fourth-order valence-corrected chi connectivity index (χ4v) is 4.56. The number of thiazole rings is 1. The predicted octanol–water partition coefficient (Wildman–Crippen LogP) is 5.78. The molecule has 196 valence electrons. The molecule has 1 atom stereocenters. The van der Waals surface area contributed by atoms with Crippen molar-refractivity contribution in [2.45, 2.75) is 32.3 Å². The molecule has 0 saturated carbocycles. The molecule has 3 aromatic carbocycles. The van der Waals surface area contributed by atoms with E-state index in [4.69, 9.17) is 9.47 Å². The van der Waals surface area contributed by atoms with Crippen LogP contribution in [0, 0.1) is 0 Å². The van der Waals surface area contributed by atoms with Crippen LogP contribution in [0.1, 0.15) is 34.0 Å². The fraction of sp³-hybridized carbons (Fsp3) is 0.233. The van der Waals surface area contributed by atoms with Crippen LogP contribution in [0.2, 0.25) is 0 Å². The van der Waals surface area contributed by atoms with Crippen LogP contribution < -0.4 is 15.4 Å². The minimum Gasteiger partial charge on any atom is -0.488 e. The maximum absolute atomic E-state index is 12.9. The van der Waals surface area contributed by atoms with Gasteiger partial charge in [-0.15, -0.1) is 11.3 Å². The molecule has 0 radical (unpaired) electrons. The number of carbonyl (C=O) groups excluding carboxylic acids is 2. The maximum atomic E-state index is 12.9. The van der Waals surface area contributed by atoms with Crippen molar-refractivity contribution in [3.63, 3.8) is 0 Å². The molecule has 0 aliphatic heterocycles. The Morgan fingerprint density at radius 2 is 1.71 bits per heavy atom. The van der Waals surface area contributed by atoms with E-state index in [-0.39, 0.29) is 17.9 Å². The molecule has 0 saturated heterocycles. The summed E-state index contributed by atoms with van der Waals surface area (Å²) < 4.78 is 11.2. The van der Waals surface area contributed by atoms with E-state index in [0.29, 0.717) is 35.9 Å². The van der Waals surface area contributed by atoms with Crippen molar-refractivity contribution >= 4 is 34.0 Å². The predicted molar refractivity (Wildman–Crippen MR) is 151 cm³/mol. The number of rotatable bonds is 12. The lowest BCUT2D eigenvalue weighted by atomic mass is 10.0. The van der Waals surface area contributed by atoms with Gasteiger partial charge in [0.25, 0.3) is 5.91 Å². The third kappa shape index (κ3) is 8.26. The van der Waals surface area contributed by atoms with E-state index in [1.165, 1.54) is 11.3 Å². The monoisotopic (exact) mass is 529 g/mol. The van der Waals surface area contributed by atoms with Gasteiger partial charge in [-0.25, -0.2) is 4.98 Å². The second-order valence-electron chi connectivity index (χ2n) is 8.95. The average molecular weight is 530 g/mol. The van der Waals surface area contributed by atoms with Crippen molar-refractivity contribution in [3.05, 3.63) is 107 Å². The Bertz CT molecular complexity index is 1340. The van der Waals surface area contributed by atoms with E-state index in [0.717, 1.165) is 28.8 Å². The third-order valence-electron chi connectivity index (χ3n) is 5.74. The van der Waals surface area contributed by atoms with E-state index < -0.39 is 0 Å². The van der Waals surface area contributed by atoms with Gasteiger partial charge in [-0.3, -0.25) is 14.9 Å². The first-order valence-corrected chi connectivity index (χ1v) is 13.3. The number of ether oxygens (including phenoxy) is 2. The van der Waals surface area contributed by atoms with Crippen molar-refractivity contribution in [1.29, 1.82) is 0 Å². The van der Waals surface area contributed by atoms with Crippen LogP contribution in [0.15, 0.2) is 84.4 Å². The molecular weight excluding hydrogens is 498 g/mol. The lowest BCUT2D eigenvalue weighted by Gasteiger charge is -2.16. The van der Waals surface area contributed by atoms with Crippen molar-refractivity contribution < 1.29 is 19.1 Å². The van der Waals surface area contributed by atoms with Crippen molar-refractivity contribution in [2.75, 3.05) is 24.4 Å². The molecule has 4 aromatic rings.